The van der Waals surface area contributed by atoms with E-state index in [2.05, 4.69) is 17.2 Å². The van der Waals surface area contributed by atoms with E-state index >= 15 is 0 Å². The van der Waals surface area contributed by atoms with Crippen molar-refractivity contribution in [3.05, 3.63) is 58.6 Å². The highest BCUT2D eigenvalue weighted by Crippen LogP contribution is 2.27. The highest BCUT2D eigenvalue weighted by Gasteiger charge is 2.19. The molecule has 0 fully saturated rings. The van der Waals surface area contributed by atoms with E-state index in [0.29, 0.717) is 5.56 Å². The molecule has 2 N–H and O–H groups in total. The van der Waals surface area contributed by atoms with Gasteiger partial charge in [0.1, 0.15) is 5.82 Å². The zero-order chi connectivity index (χ0) is 13.0. The molecular weight excluding hydrogens is 251 g/mol. The molecule has 1 atom stereocenters. The Morgan fingerprint density at radius 2 is 2.17 bits per heavy atom. The van der Waals surface area contributed by atoms with Crippen molar-refractivity contribution < 1.29 is 4.39 Å². The molecule has 0 amide bonds. The number of halogens is 2. The number of aromatic nitrogens is 1. The lowest BCUT2D eigenvalue weighted by Gasteiger charge is -2.19. The summed E-state index contributed by atoms with van der Waals surface area (Å²) in [5.41, 5.74) is 1.50. The Labute approximate surface area is 111 Å². The molecule has 1 aromatic carbocycles. The van der Waals surface area contributed by atoms with E-state index in [9.17, 15) is 4.39 Å². The molecule has 18 heavy (non-hydrogen) atoms. The minimum Gasteiger partial charge on any atom is -0.363 e. The summed E-state index contributed by atoms with van der Waals surface area (Å²) in [7, 11) is 0. The fraction of sp³-hybridized carbons (Fsp3) is 0.286. The van der Waals surface area contributed by atoms with Crippen molar-refractivity contribution in [1.82, 2.24) is 10.3 Å². The molecule has 96 valence electrons. The molecule has 1 heterocycles. The Morgan fingerprint density at radius 1 is 1.33 bits per heavy atom. The molecule has 0 saturated heterocycles. The van der Waals surface area contributed by atoms with Crippen LogP contribution >= 0.6 is 11.6 Å². The van der Waals surface area contributed by atoms with Crippen LogP contribution in [0.15, 0.2) is 36.5 Å². The van der Waals surface area contributed by atoms with Gasteiger partial charge in [0.15, 0.2) is 0 Å². The van der Waals surface area contributed by atoms with Gasteiger partial charge < -0.3 is 10.3 Å². The molecule has 0 radical (unpaired) electrons. The molecule has 1 unspecified atom stereocenters. The monoisotopic (exact) mass is 266 g/mol. The third-order valence-corrected chi connectivity index (χ3v) is 3.12. The average Bonchev–Trinajstić information content (AvgIpc) is 2.88. The van der Waals surface area contributed by atoms with Gasteiger partial charge in [-0.2, -0.15) is 0 Å². The summed E-state index contributed by atoms with van der Waals surface area (Å²) in [6.07, 6.45) is 2.82. The van der Waals surface area contributed by atoms with Gasteiger partial charge >= 0.3 is 0 Å². The predicted molar refractivity (Wildman–Crippen MR) is 72.3 cm³/mol. The molecule has 0 aliphatic rings. The van der Waals surface area contributed by atoms with Crippen molar-refractivity contribution in [2.45, 2.75) is 19.4 Å². The second kappa shape index (κ2) is 6.03. The second-order valence-corrected chi connectivity index (χ2v) is 4.56. The molecule has 0 aliphatic heterocycles. The van der Waals surface area contributed by atoms with Gasteiger partial charge in [0.05, 0.1) is 11.1 Å². The molecule has 2 aromatic rings. The van der Waals surface area contributed by atoms with Crippen molar-refractivity contribution in [1.29, 1.82) is 0 Å². The molecular formula is C14H16ClFN2. The normalized spacial score (nSPS) is 12.6. The van der Waals surface area contributed by atoms with E-state index in [-0.39, 0.29) is 16.9 Å². The maximum atomic E-state index is 14.1. The van der Waals surface area contributed by atoms with Gasteiger partial charge in [-0.25, -0.2) is 4.39 Å². The third kappa shape index (κ3) is 2.74. The Kier molecular flexibility index (Phi) is 4.39. The van der Waals surface area contributed by atoms with E-state index in [1.165, 1.54) is 0 Å². The van der Waals surface area contributed by atoms with Crippen LogP contribution in [0.1, 0.15) is 30.6 Å². The Morgan fingerprint density at radius 3 is 2.83 bits per heavy atom. The van der Waals surface area contributed by atoms with E-state index in [4.69, 9.17) is 11.6 Å². The van der Waals surface area contributed by atoms with Crippen LogP contribution < -0.4 is 5.32 Å². The lowest BCUT2D eigenvalue weighted by Crippen LogP contribution is -2.24. The molecule has 1 aromatic heterocycles. The fourth-order valence-corrected chi connectivity index (χ4v) is 2.13. The van der Waals surface area contributed by atoms with E-state index < -0.39 is 0 Å². The zero-order valence-corrected chi connectivity index (χ0v) is 11.0. The van der Waals surface area contributed by atoms with Crippen LogP contribution in [0.25, 0.3) is 0 Å². The molecule has 0 saturated carbocycles. The van der Waals surface area contributed by atoms with Gasteiger partial charge in [-0.15, -0.1) is 0 Å². The van der Waals surface area contributed by atoms with Crippen LogP contribution in [-0.4, -0.2) is 11.5 Å². The van der Waals surface area contributed by atoms with Crippen molar-refractivity contribution >= 4 is 11.6 Å². The van der Waals surface area contributed by atoms with Gasteiger partial charge in [-0.1, -0.05) is 30.7 Å². The smallest absolute Gasteiger partial charge is 0.146 e. The number of rotatable bonds is 5. The largest absolute Gasteiger partial charge is 0.363 e. The average molecular weight is 267 g/mol. The first-order chi connectivity index (χ1) is 8.74. The van der Waals surface area contributed by atoms with E-state index in [1.807, 2.05) is 18.3 Å². The number of nitrogens with one attached hydrogen (secondary N) is 2. The lowest BCUT2D eigenvalue weighted by atomic mass is 10.0. The summed E-state index contributed by atoms with van der Waals surface area (Å²) >= 11 is 5.84. The van der Waals surface area contributed by atoms with Gasteiger partial charge in [-0.05, 0) is 31.2 Å². The van der Waals surface area contributed by atoms with Crippen LogP contribution in [-0.2, 0) is 0 Å². The summed E-state index contributed by atoms with van der Waals surface area (Å²) in [6.45, 7) is 2.89. The Bertz CT molecular complexity index is 497. The standard InChI is InChI=1S/C14H16ClFN2/c1-2-8-18-14(12-7-4-9-17-12)10-5-3-6-11(15)13(10)16/h3-7,9,14,17-18H,2,8H2,1H3. The van der Waals surface area contributed by atoms with Crippen LogP contribution in [0.4, 0.5) is 4.39 Å². The van der Waals surface area contributed by atoms with Crippen molar-refractivity contribution in [3.63, 3.8) is 0 Å². The first kappa shape index (κ1) is 13.1. The summed E-state index contributed by atoms with van der Waals surface area (Å²) in [4.78, 5) is 3.12. The quantitative estimate of drug-likeness (QED) is 0.844. The lowest BCUT2D eigenvalue weighted by molar-refractivity contribution is 0.541. The van der Waals surface area contributed by atoms with E-state index in [0.717, 1.165) is 18.7 Å². The van der Waals surface area contributed by atoms with E-state index in [1.54, 1.807) is 18.2 Å². The summed E-state index contributed by atoms with van der Waals surface area (Å²) in [5, 5.41) is 3.48. The fourth-order valence-electron chi connectivity index (χ4n) is 1.94. The number of benzene rings is 1. The summed E-state index contributed by atoms with van der Waals surface area (Å²) < 4.78 is 14.1. The highest BCUT2D eigenvalue weighted by molar-refractivity contribution is 6.30. The maximum absolute atomic E-state index is 14.1. The Balaban J connectivity index is 2.37. The summed E-state index contributed by atoms with van der Waals surface area (Å²) in [5.74, 6) is -0.359. The SMILES string of the molecule is CCCNC(c1ccc[nH]1)c1cccc(Cl)c1F. The third-order valence-electron chi connectivity index (χ3n) is 2.82. The molecule has 2 rings (SSSR count). The predicted octanol–water partition coefficient (Wildman–Crippen LogP) is 3.90. The van der Waals surface area contributed by atoms with Crippen LogP contribution in [0, 0.1) is 5.82 Å². The van der Waals surface area contributed by atoms with Crippen LogP contribution in [0.2, 0.25) is 5.02 Å². The van der Waals surface area contributed by atoms with Crippen molar-refractivity contribution in [2.75, 3.05) is 6.54 Å². The molecule has 0 spiro atoms. The van der Waals surface area contributed by atoms with Crippen LogP contribution in [0.5, 0.6) is 0 Å². The molecule has 2 nitrogen and oxygen atoms in total. The summed E-state index contributed by atoms with van der Waals surface area (Å²) in [6, 6.07) is 8.73. The maximum Gasteiger partial charge on any atom is 0.146 e. The second-order valence-electron chi connectivity index (χ2n) is 4.16. The van der Waals surface area contributed by atoms with Gasteiger partial charge in [-0.3, -0.25) is 0 Å². The Hall–Kier alpha value is -1.32. The van der Waals surface area contributed by atoms with Gasteiger partial charge in [0, 0.05) is 17.5 Å². The van der Waals surface area contributed by atoms with Gasteiger partial charge in [0.2, 0.25) is 0 Å². The zero-order valence-electron chi connectivity index (χ0n) is 10.2. The van der Waals surface area contributed by atoms with Gasteiger partial charge in [0.25, 0.3) is 0 Å². The molecule has 4 heteroatoms. The molecule has 0 bridgehead atoms. The number of H-pyrrole nitrogens is 1. The van der Waals surface area contributed by atoms with Crippen LogP contribution in [0.3, 0.4) is 0 Å². The first-order valence-electron chi connectivity index (χ1n) is 6.04. The first-order valence-corrected chi connectivity index (χ1v) is 6.42. The topological polar surface area (TPSA) is 27.8 Å². The number of hydrogen-bond donors (Lipinski definition) is 2. The number of aromatic amines is 1. The molecule has 0 aliphatic carbocycles. The minimum atomic E-state index is -0.359. The van der Waals surface area contributed by atoms with Crippen molar-refractivity contribution in [2.24, 2.45) is 0 Å². The highest BCUT2D eigenvalue weighted by atomic mass is 35.5. The van der Waals surface area contributed by atoms with Crippen molar-refractivity contribution in [3.8, 4) is 0 Å². The number of hydrogen-bond acceptors (Lipinski definition) is 1. The minimum absolute atomic E-state index is 0.155.